The van der Waals surface area contributed by atoms with Gasteiger partial charge in [-0.2, -0.15) is 5.10 Å². The molecule has 0 amide bonds. The van der Waals surface area contributed by atoms with Gasteiger partial charge in [0.15, 0.2) is 0 Å². The number of hydrogen-bond donors (Lipinski definition) is 1. The molecule has 1 fully saturated rings. The van der Waals surface area contributed by atoms with Crippen molar-refractivity contribution in [3.05, 3.63) is 15.9 Å². The van der Waals surface area contributed by atoms with Gasteiger partial charge < -0.3 is 5.11 Å². The number of nitrogens with zero attached hydrogens (tertiary/aromatic N) is 2. The van der Waals surface area contributed by atoms with Crippen LogP contribution < -0.4 is 0 Å². The van der Waals surface area contributed by atoms with Crippen molar-refractivity contribution in [3.63, 3.8) is 0 Å². The molecule has 0 unspecified atom stereocenters. The van der Waals surface area contributed by atoms with Crippen LogP contribution >= 0.6 is 15.9 Å². The van der Waals surface area contributed by atoms with E-state index in [2.05, 4.69) is 48.7 Å². The summed E-state index contributed by atoms with van der Waals surface area (Å²) in [6, 6.07) is 0. The van der Waals surface area contributed by atoms with E-state index in [1.807, 2.05) is 18.7 Å². The van der Waals surface area contributed by atoms with Gasteiger partial charge in [0.05, 0.1) is 21.5 Å². The van der Waals surface area contributed by atoms with Gasteiger partial charge in [-0.15, -0.1) is 0 Å². The van der Waals surface area contributed by atoms with Gasteiger partial charge in [0, 0.05) is 13.5 Å². The lowest BCUT2D eigenvalue weighted by Crippen LogP contribution is -2.47. The first kappa shape index (κ1) is 16.0. The lowest BCUT2D eigenvalue weighted by molar-refractivity contribution is -0.0860. The SMILES string of the molecule is Cc1nn(C)c(CC2(O)CC(C)(C)CC(C)(C)C2)c1Br. The molecule has 1 aliphatic carbocycles. The molecule has 20 heavy (non-hydrogen) atoms. The minimum atomic E-state index is -0.645. The van der Waals surface area contributed by atoms with E-state index in [-0.39, 0.29) is 10.8 Å². The summed E-state index contributed by atoms with van der Waals surface area (Å²) in [5.74, 6) is 0. The second kappa shape index (κ2) is 4.84. The zero-order valence-corrected chi connectivity index (χ0v) is 15.1. The second-order valence-electron chi connectivity index (χ2n) is 8.23. The highest BCUT2D eigenvalue weighted by molar-refractivity contribution is 9.10. The Balaban J connectivity index is 2.31. The predicted molar refractivity (Wildman–Crippen MR) is 85.7 cm³/mol. The molecule has 1 saturated carbocycles. The molecule has 0 aromatic carbocycles. The van der Waals surface area contributed by atoms with E-state index in [0.717, 1.165) is 35.1 Å². The van der Waals surface area contributed by atoms with Crippen LogP contribution in [-0.4, -0.2) is 20.5 Å². The summed E-state index contributed by atoms with van der Waals surface area (Å²) in [7, 11) is 1.95. The first-order chi connectivity index (χ1) is 8.93. The second-order valence-corrected chi connectivity index (χ2v) is 9.02. The van der Waals surface area contributed by atoms with Crippen molar-refractivity contribution in [2.45, 2.75) is 65.9 Å². The van der Waals surface area contributed by atoms with E-state index in [4.69, 9.17) is 0 Å². The van der Waals surface area contributed by atoms with Crippen molar-refractivity contribution in [1.29, 1.82) is 0 Å². The fourth-order valence-corrected chi connectivity index (χ4v) is 5.05. The predicted octanol–water partition coefficient (Wildman–Crippen LogP) is 4.00. The summed E-state index contributed by atoms with van der Waals surface area (Å²) in [4.78, 5) is 0. The standard InChI is InChI=1S/C16H27BrN2O/c1-11-13(17)12(19(6)18-11)7-16(20)9-14(2,3)8-15(4,5)10-16/h20H,7-10H2,1-6H3. The fraction of sp³-hybridized carbons (Fsp3) is 0.812. The Morgan fingerprint density at radius 2 is 1.65 bits per heavy atom. The summed E-state index contributed by atoms with van der Waals surface area (Å²) in [6.07, 6.45) is 3.52. The van der Waals surface area contributed by atoms with Crippen LogP contribution in [0.2, 0.25) is 0 Å². The molecular formula is C16H27BrN2O. The van der Waals surface area contributed by atoms with Gasteiger partial charge in [0.2, 0.25) is 0 Å². The van der Waals surface area contributed by atoms with E-state index < -0.39 is 5.60 Å². The fourth-order valence-electron chi connectivity index (χ4n) is 4.57. The van der Waals surface area contributed by atoms with Crippen molar-refractivity contribution in [2.75, 3.05) is 0 Å². The third-order valence-electron chi connectivity index (χ3n) is 4.33. The molecule has 2 rings (SSSR count). The zero-order valence-electron chi connectivity index (χ0n) is 13.5. The molecule has 3 nitrogen and oxygen atoms in total. The lowest BCUT2D eigenvalue weighted by atomic mass is 9.59. The van der Waals surface area contributed by atoms with Crippen molar-refractivity contribution in [1.82, 2.24) is 9.78 Å². The normalized spacial score (nSPS) is 23.8. The van der Waals surface area contributed by atoms with Gasteiger partial charge >= 0.3 is 0 Å². The van der Waals surface area contributed by atoms with Crippen LogP contribution in [0.4, 0.5) is 0 Å². The highest BCUT2D eigenvalue weighted by Crippen LogP contribution is 2.51. The van der Waals surface area contributed by atoms with Crippen molar-refractivity contribution < 1.29 is 5.11 Å². The van der Waals surface area contributed by atoms with Gasteiger partial charge in [-0.1, -0.05) is 27.7 Å². The van der Waals surface area contributed by atoms with Crippen LogP contribution in [0.3, 0.4) is 0 Å². The Bertz CT molecular complexity index is 501. The Kier molecular flexibility index (Phi) is 3.88. The Labute approximate surface area is 130 Å². The third-order valence-corrected chi connectivity index (χ3v) is 5.36. The Hall–Kier alpha value is -0.350. The number of rotatable bonds is 2. The first-order valence-electron chi connectivity index (χ1n) is 7.34. The number of aromatic nitrogens is 2. The molecule has 0 radical (unpaired) electrons. The van der Waals surface area contributed by atoms with Gasteiger partial charge in [0.25, 0.3) is 0 Å². The minimum Gasteiger partial charge on any atom is -0.389 e. The van der Waals surface area contributed by atoms with Gasteiger partial charge in [-0.25, -0.2) is 0 Å². The maximum Gasteiger partial charge on any atom is 0.0738 e. The molecule has 4 heteroatoms. The third kappa shape index (κ3) is 3.28. The average Bonchev–Trinajstić information content (AvgIpc) is 2.39. The van der Waals surface area contributed by atoms with E-state index in [0.29, 0.717) is 6.42 Å². The Morgan fingerprint density at radius 3 is 2.05 bits per heavy atom. The van der Waals surface area contributed by atoms with Gasteiger partial charge in [-0.3, -0.25) is 4.68 Å². The monoisotopic (exact) mass is 342 g/mol. The summed E-state index contributed by atoms with van der Waals surface area (Å²) in [6.45, 7) is 11.1. The first-order valence-corrected chi connectivity index (χ1v) is 8.13. The maximum absolute atomic E-state index is 11.2. The number of halogens is 1. The maximum atomic E-state index is 11.2. The summed E-state index contributed by atoms with van der Waals surface area (Å²) >= 11 is 3.61. The smallest absolute Gasteiger partial charge is 0.0738 e. The van der Waals surface area contributed by atoms with Gasteiger partial charge in [-0.05, 0) is 52.9 Å². The molecule has 0 aliphatic heterocycles. The molecule has 0 atom stereocenters. The molecule has 0 spiro atoms. The molecule has 0 bridgehead atoms. The van der Waals surface area contributed by atoms with E-state index in [1.165, 1.54) is 0 Å². The summed E-state index contributed by atoms with van der Waals surface area (Å²) in [5, 5.41) is 15.6. The van der Waals surface area contributed by atoms with Crippen molar-refractivity contribution in [2.24, 2.45) is 17.9 Å². The average molecular weight is 343 g/mol. The summed E-state index contributed by atoms with van der Waals surface area (Å²) < 4.78 is 2.93. The topological polar surface area (TPSA) is 38.0 Å². The largest absolute Gasteiger partial charge is 0.389 e. The minimum absolute atomic E-state index is 0.177. The highest BCUT2D eigenvalue weighted by atomic mass is 79.9. The molecule has 1 heterocycles. The molecule has 1 aliphatic rings. The quantitative estimate of drug-likeness (QED) is 0.881. The highest BCUT2D eigenvalue weighted by Gasteiger charge is 2.46. The Morgan fingerprint density at radius 1 is 1.15 bits per heavy atom. The van der Waals surface area contributed by atoms with E-state index in [9.17, 15) is 5.11 Å². The van der Waals surface area contributed by atoms with Crippen LogP contribution in [0.5, 0.6) is 0 Å². The molecule has 114 valence electrons. The summed E-state index contributed by atoms with van der Waals surface area (Å²) in [5.41, 5.74) is 1.79. The van der Waals surface area contributed by atoms with Crippen molar-refractivity contribution in [3.8, 4) is 0 Å². The number of aryl methyl sites for hydroxylation is 2. The van der Waals surface area contributed by atoms with Gasteiger partial charge in [0.1, 0.15) is 0 Å². The molecule has 1 aromatic rings. The van der Waals surface area contributed by atoms with E-state index >= 15 is 0 Å². The lowest BCUT2D eigenvalue weighted by Gasteiger charge is -2.49. The van der Waals surface area contributed by atoms with E-state index in [1.54, 1.807) is 0 Å². The van der Waals surface area contributed by atoms with Crippen LogP contribution in [0, 0.1) is 17.8 Å². The van der Waals surface area contributed by atoms with Crippen LogP contribution in [-0.2, 0) is 13.5 Å². The number of aliphatic hydroxyl groups is 1. The van der Waals surface area contributed by atoms with Crippen molar-refractivity contribution >= 4 is 15.9 Å². The molecule has 1 N–H and O–H groups in total. The molecule has 0 saturated heterocycles. The molecular weight excluding hydrogens is 316 g/mol. The zero-order chi connectivity index (χ0) is 15.3. The molecule has 1 aromatic heterocycles. The number of hydrogen-bond acceptors (Lipinski definition) is 2. The van der Waals surface area contributed by atoms with Crippen LogP contribution in [0.1, 0.15) is 58.3 Å². The van der Waals surface area contributed by atoms with Crippen LogP contribution in [0.25, 0.3) is 0 Å². The van der Waals surface area contributed by atoms with Crippen LogP contribution in [0.15, 0.2) is 4.47 Å².